The van der Waals surface area contributed by atoms with E-state index in [4.69, 9.17) is 9.57 Å². The van der Waals surface area contributed by atoms with Gasteiger partial charge in [-0.1, -0.05) is 12.1 Å². The van der Waals surface area contributed by atoms with Gasteiger partial charge in [0.1, 0.15) is 23.3 Å². The van der Waals surface area contributed by atoms with Crippen molar-refractivity contribution in [1.29, 1.82) is 0 Å². The van der Waals surface area contributed by atoms with Crippen molar-refractivity contribution in [3.63, 3.8) is 0 Å². The second-order valence-corrected chi connectivity index (χ2v) is 5.97. The molecule has 0 aliphatic carbocycles. The Bertz CT molecular complexity index is 865. The number of pyridine rings is 1. The number of nitrogens with zero attached hydrogens (tertiary/aromatic N) is 2. The number of halogens is 3. The molecular formula is C18H16F3N3O4. The molecule has 0 spiro atoms. The summed E-state index contributed by atoms with van der Waals surface area (Å²) in [5, 5.41) is 0. The van der Waals surface area contributed by atoms with E-state index in [0.29, 0.717) is 11.3 Å². The topological polar surface area (TPSA) is 72.9 Å². The quantitative estimate of drug-likeness (QED) is 0.839. The third kappa shape index (κ3) is 4.92. The van der Waals surface area contributed by atoms with Crippen molar-refractivity contribution in [2.24, 2.45) is 0 Å². The third-order valence-electron chi connectivity index (χ3n) is 3.62. The number of ether oxygens (including phenoxy) is 2. The second kappa shape index (κ2) is 7.77. The summed E-state index contributed by atoms with van der Waals surface area (Å²) in [6, 6.07) is 8.42. The zero-order valence-electron chi connectivity index (χ0n) is 14.9. The van der Waals surface area contributed by atoms with E-state index in [1.165, 1.54) is 41.4 Å². The molecule has 0 unspecified atom stereocenters. The average molecular weight is 395 g/mol. The summed E-state index contributed by atoms with van der Waals surface area (Å²) < 4.78 is 46.0. The highest BCUT2D eigenvalue weighted by Gasteiger charge is 2.31. The Kier molecular flexibility index (Phi) is 5.41. The Balaban J connectivity index is 1.63. The highest BCUT2D eigenvalue weighted by molar-refractivity contribution is 5.91. The summed E-state index contributed by atoms with van der Waals surface area (Å²) in [6.07, 6.45) is -2.29. The maximum atomic E-state index is 12.2. The molecule has 148 valence electrons. The first-order valence-electron chi connectivity index (χ1n) is 8.06. The molecule has 0 radical (unpaired) electrons. The van der Waals surface area contributed by atoms with E-state index in [9.17, 15) is 18.0 Å². The van der Waals surface area contributed by atoms with E-state index < -0.39 is 12.5 Å². The minimum absolute atomic E-state index is 0.230. The predicted octanol–water partition coefficient (Wildman–Crippen LogP) is 3.18. The number of aromatic nitrogens is 1. The lowest BCUT2D eigenvalue weighted by Crippen LogP contribution is -2.22. The Hall–Kier alpha value is -3.27. The number of hydrogen-bond donors (Lipinski definition) is 1. The van der Waals surface area contributed by atoms with Crippen LogP contribution in [0.15, 0.2) is 54.6 Å². The lowest BCUT2D eigenvalue weighted by atomic mass is 10.1. The fourth-order valence-electron chi connectivity index (χ4n) is 2.33. The van der Waals surface area contributed by atoms with Crippen molar-refractivity contribution in [2.75, 3.05) is 14.1 Å². The first-order valence-corrected chi connectivity index (χ1v) is 8.06. The zero-order valence-corrected chi connectivity index (χ0v) is 14.9. The van der Waals surface area contributed by atoms with E-state index in [1.54, 1.807) is 26.2 Å². The molecule has 10 heteroatoms. The van der Waals surface area contributed by atoms with Gasteiger partial charge in [0.15, 0.2) is 0 Å². The largest absolute Gasteiger partial charge is 0.573 e. The highest BCUT2D eigenvalue weighted by atomic mass is 19.4. The molecule has 1 aromatic heterocycles. The number of hydrogen-bond acceptors (Lipinski definition) is 6. The van der Waals surface area contributed by atoms with E-state index in [-0.39, 0.29) is 23.2 Å². The number of carbonyl (C=O) groups excluding carboxylic acids is 1. The smallest absolute Gasteiger partial charge is 0.438 e. The van der Waals surface area contributed by atoms with Crippen molar-refractivity contribution >= 4 is 5.91 Å². The maximum absolute atomic E-state index is 12.2. The number of carbonyl (C=O) groups is 1. The normalized spacial score (nSPS) is 16.2. The number of hydroxylamine groups is 1. The average Bonchev–Trinajstić information content (AvgIpc) is 3.09. The number of benzene rings is 1. The molecule has 1 aliphatic heterocycles. The molecular weight excluding hydrogens is 379 g/mol. The van der Waals surface area contributed by atoms with Crippen LogP contribution in [0.3, 0.4) is 0 Å². The van der Waals surface area contributed by atoms with Gasteiger partial charge in [0.25, 0.3) is 5.91 Å². The molecule has 28 heavy (non-hydrogen) atoms. The molecule has 1 N–H and O–H groups in total. The van der Waals surface area contributed by atoms with E-state index in [1.807, 2.05) is 0 Å². The summed E-state index contributed by atoms with van der Waals surface area (Å²) in [6.45, 7) is 0. The van der Waals surface area contributed by atoms with E-state index >= 15 is 0 Å². The van der Waals surface area contributed by atoms with Crippen molar-refractivity contribution in [1.82, 2.24) is 15.4 Å². The molecule has 1 atom stereocenters. The summed E-state index contributed by atoms with van der Waals surface area (Å²) >= 11 is 0. The standard InChI is InChI=1S/C18H16F3N3O4/c1-24(2)17(25)14-8-7-13(10-22-14)26-16-9-15(28-23-16)11-3-5-12(6-4-11)27-18(19,20)21/h3-10,15,23H,1-2H3/t15-/m0/s1. The predicted molar refractivity (Wildman–Crippen MR) is 91.1 cm³/mol. The van der Waals surface area contributed by atoms with Crippen LogP contribution >= 0.6 is 0 Å². The van der Waals surface area contributed by atoms with Gasteiger partial charge in [0.05, 0.1) is 6.20 Å². The van der Waals surface area contributed by atoms with Crippen LogP contribution < -0.4 is 15.0 Å². The van der Waals surface area contributed by atoms with Crippen molar-refractivity contribution in [3.05, 3.63) is 65.8 Å². The lowest BCUT2D eigenvalue weighted by molar-refractivity contribution is -0.274. The van der Waals surface area contributed by atoms with Crippen LogP contribution in [0.25, 0.3) is 0 Å². The van der Waals surface area contributed by atoms with Crippen LogP contribution in [-0.4, -0.2) is 36.2 Å². The molecule has 2 aromatic rings. The van der Waals surface area contributed by atoms with Gasteiger partial charge in [-0.15, -0.1) is 13.2 Å². The maximum Gasteiger partial charge on any atom is 0.573 e. The lowest BCUT2D eigenvalue weighted by Gasteiger charge is -2.11. The fraction of sp³-hybridized carbons (Fsp3) is 0.222. The third-order valence-corrected chi connectivity index (χ3v) is 3.62. The van der Waals surface area contributed by atoms with Gasteiger partial charge < -0.3 is 14.4 Å². The summed E-state index contributed by atoms with van der Waals surface area (Å²) in [7, 11) is 3.25. The number of amides is 1. The van der Waals surface area contributed by atoms with Crippen LogP contribution in [-0.2, 0) is 4.84 Å². The van der Waals surface area contributed by atoms with Crippen LogP contribution in [0.2, 0.25) is 0 Å². The monoisotopic (exact) mass is 395 g/mol. The second-order valence-electron chi connectivity index (χ2n) is 5.97. The van der Waals surface area contributed by atoms with Crippen LogP contribution in [0.4, 0.5) is 13.2 Å². The first-order chi connectivity index (χ1) is 13.2. The van der Waals surface area contributed by atoms with E-state index in [0.717, 1.165) is 0 Å². The molecule has 2 heterocycles. The summed E-state index contributed by atoms with van der Waals surface area (Å²) in [5.41, 5.74) is 3.47. The van der Waals surface area contributed by atoms with Gasteiger partial charge in [-0.05, 0) is 29.8 Å². The van der Waals surface area contributed by atoms with Gasteiger partial charge in [-0.25, -0.2) is 10.5 Å². The summed E-state index contributed by atoms with van der Waals surface area (Å²) in [5.74, 6) is 0.119. The molecule has 1 aromatic carbocycles. The van der Waals surface area contributed by atoms with Crippen LogP contribution in [0.5, 0.6) is 11.5 Å². The highest BCUT2D eigenvalue weighted by Crippen LogP contribution is 2.28. The van der Waals surface area contributed by atoms with Gasteiger partial charge in [0, 0.05) is 20.2 Å². The molecule has 0 fully saturated rings. The number of nitrogens with one attached hydrogen (secondary N) is 1. The SMILES string of the molecule is CN(C)C(=O)c1ccc(OC2=C[C@@H](c3ccc(OC(F)(F)F)cc3)ON2)cn1. The molecule has 1 amide bonds. The molecule has 1 aliphatic rings. The summed E-state index contributed by atoms with van der Waals surface area (Å²) in [4.78, 5) is 22.6. The van der Waals surface area contributed by atoms with Crippen LogP contribution in [0.1, 0.15) is 22.2 Å². The number of rotatable bonds is 5. The van der Waals surface area contributed by atoms with Crippen LogP contribution in [0, 0.1) is 0 Å². The van der Waals surface area contributed by atoms with Gasteiger partial charge in [0.2, 0.25) is 5.88 Å². The molecule has 0 bridgehead atoms. The Morgan fingerprint density at radius 2 is 1.82 bits per heavy atom. The van der Waals surface area contributed by atoms with Crippen molar-refractivity contribution in [3.8, 4) is 11.5 Å². The molecule has 0 saturated heterocycles. The van der Waals surface area contributed by atoms with E-state index in [2.05, 4.69) is 15.2 Å². The van der Waals surface area contributed by atoms with Gasteiger partial charge >= 0.3 is 6.36 Å². The molecule has 7 nitrogen and oxygen atoms in total. The van der Waals surface area contributed by atoms with Gasteiger partial charge in [-0.2, -0.15) is 0 Å². The Morgan fingerprint density at radius 3 is 2.39 bits per heavy atom. The minimum atomic E-state index is -4.74. The zero-order chi connectivity index (χ0) is 20.3. The Morgan fingerprint density at radius 1 is 1.14 bits per heavy atom. The fourth-order valence-corrected chi connectivity index (χ4v) is 2.33. The molecule has 0 saturated carbocycles. The van der Waals surface area contributed by atoms with Crippen molar-refractivity contribution in [2.45, 2.75) is 12.5 Å². The minimum Gasteiger partial charge on any atom is -0.438 e. The van der Waals surface area contributed by atoms with Crippen molar-refractivity contribution < 1.29 is 32.3 Å². The first kappa shape index (κ1) is 19.5. The van der Waals surface area contributed by atoms with Gasteiger partial charge in [-0.3, -0.25) is 9.63 Å². The number of alkyl halides is 3. The molecule has 3 rings (SSSR count). The Labute approximate surface area is 158 Å².